The molecule has 0 fully saturated rings. The third kappa shape index (κ3) is 1.88. The van der Waals surface area contributed by atoms with Crippen LogP contribution in [0.5, 0.6) is 0 Å². The Bertz CT molecular complexity index is 508. The van der Waals surface area contributed by atoms with Crippen LogP contribution in [0.25, 0.3) is 10.9 Å². The van der Waals surface area contributed by atoms with Crippen LogP contribution < -0.4 is 5.73 Å². The van der Waals surface area contributed by atoms with Crippen molar-refractivity contribution >= 4 is 28.3 Å². The quantitative estimate of drug-likeness (QED) is 0.754. The summed E-state index contributed by atoms with van der Waals surface area (Å²) < 4.78 is 0. The van der Waals surface area contributed by atoms with Crippen LogP contribution in [-0.2, 0) is 0 Å². The topological polar surface area (TPSA) is 51.8 Å². The summed E-state index contributed by atoms with van der Waals surface area (Å²) in [5.74, 6) is 0.900. The minimum absolute atomic E-state index is 0.192. The molecule has 0 aliphatic heterocycles. The van der Waals surface area contributed by atoms with E-state index in [-0.39, 0.29) is 5.28 Å². The van der Waals surface area contributed by atoms with Gasteiger partial charge in [-0.05, 0) is 35.2 Å². The molecule has 0 aliphatic rings. The number of benzene rings is 1. The van der Waals surface area contributed by atoms with Gasteiger partial charge in [-0.1, -0.05) is 19.9 Å². The molecule has 15 heavy (non-hydrogen) atoms. The monoisotopic (exact) mass is 221 g/mol. The first kappa shape index (κ1) is 10.2. The molecule has 2 aromatic rings. The predicted octanol–water partition coefficient (Wildman–Crippen LogP) is 2.99. The molecule has 4 heteroatoms. The van der Waals surface area contributed by atoms with E-state index in [4.69, 9.17) is 17.3 Å². The number of anilines is 1. The summed E-state index contributed by atoms with van der Waals surface area (Å²) in [6.07, 6.45) is 0. The summed E-state index contributed by atoms with van der Waals surface area (Å²) in [4.78, 5) is 8.05. The van der Waals surface area contributed by atoms with Crippen molar-refractivity contribution in [2.24, 2.45) is 0 Å². The summed E-state index contributed by atoms with van der Waals surface area (Å²) in [6, 6.07) is 5.98. The van der Waals surface area contributed by atoms with Gasteiger partial charge >= 0.3 is 0 Å². The zero-order chi connectivity index (χ0) is 11.0. The van der Waals surface area contributed by atoms with Crippen molar-refractivity contribution in [2.75, 3.05) is 5.73 Å². The highest BCUT2D eigenvalue weighted by Crippen LogP contribution is 2.24. The molecule has 0 spiro atoms. The van der Waals surface area contributed by atoms with Crippen LogP contribution in [0.2, 0.25) is 5.28 Å². The second-order valence-electron chi connectivity index (χ2n) is 3.81. The molecule has 0 saturated carbocycles. The van der Waals surface area contributed by atoms with Crippen LogP contribution in [0.4, 0.5) is 5.82 Å². The lowest BCUT2D eigenvalue weighted by Gasteiger charge is -2.07. The zero-order valence-corrected chi connectivity index (χ0v) is 9.42. The summed E-state index contributed by atoms with van der Waals surface area (Å²) in [5, 5.41) is 1.06. The smallest absolute Gasteiger partial charge is 0.224 e. The largest absolute Gasteiger partial charge is 0.383 e. The van der Waals surface area contributed by atoms with Gasteiger partial charge in [0.2, 0.25) is 5.28 Å². The van der Waals surface area contributed by atoms with E-state index >= 15 is 0 Å². The Morgan fingerprint density at radius 2 is 2.00 bits per heavy atom. The maximum atomic E-state index is 5.79. The zero-order valence-electron chi connectivity index (χ0n) is 8.66. The summed E-state index contributed by atoms with van der Waals surface area (Å²) in [6.45, 7) is 4.27. The first-order valence-corrected chi connectivity index (χ1v) is 5.18. The van der Waals surface area contributed by atoms with Gasteiger partial charge in [0, 0.05) is 5.39 Å². The summed E-state index contributed by atoms with van der Waals surface area (Å²) in [5.41, 5.74) is 7.80. The molecule has 1 aromatic heterocycles. The van der Waals surface area contributed by atoms with Gasteiger partial charge in [0.1, 0.15) is 5.82 Å². The van der Waals surface area contributed by atoms with Crippen molar-refractivity contribution in [3.8, 4) is 0 Å². The molecule has 0 bridgehead atoms. The Labute approximate surface area is 93.3 Å². The number of aromatic nitrogens is 2. The second-order valence-corrected chi connectivity index (χ2v) is 4.15. The van der Waals surface area contributed by atoms with Crippen molar-refractivity contribution in [2.45, 2.75) is 19.8 Å². The van der Waals surface area contributed by atoms with Gasteiger partial charge in [-0.3, -0.25) is 0 Å². The van der Waals surface area contributed by atoms with Crippen molar-refractivity contribution in [1.82, 2.24) is 9.97 Å². The Morgan fingerprint density at radius 3 is 2.67 bits per heavy atom. The van der Waals surface area contributed by atoms with Crippen molar-refractivity contribution < 1.29 is 0 Å². The number of nitrogens with zero attached hydrogens (tertiary/aromatic N) is 2. The lowest BCUT2D eigenvalue weighted by molar-refractivity contribution is 0.868. The normalized spacial score (nSPS) is 11.2. The highest BCUT2D eigenvalue weighted by molar-refractivity contribution is 6.28. The van der Waals surface area contributed by atoms with Gasteiger partial charge in [-0.25, -0.2) is 9.97 Å². The predicted molar refractivity (Wildman–Crippen MR) is 63.0 cm³/mol. The van der Waals surface area contributed by atoms with Gasteiger partial charge in [0.05, 0.1) is 5.52 Å². The van der Waals surface area contributed by atoms with Crippen LogP contribution in [-0.4, -0.2) is 9.97 Å². The highest BCUT2D eigenvalue weighted by Gasteiger charge is 2.06. The van der Waals surface area contributed by atoms with E-state index in [1.165, 1.54) is 5.56 Å². The van der Waals surface area contributed by atoms with E-state index in [9.17, 15) is 0 Å². The molecule has 0 atom stereocenters. The fraction of sp³-hybridized carbons (Fsp3) is 0.273. The maximum absolute atomic E-state index is 5.79. The van der Waals surface area contributed by atoms with Gasteiger partial charge < -0.3 is 5.73 Å². The molecule has 0 radical (unpaired) electrons. The molecule has 0 amide bonds. The maximum Gasteiger partial charge on any atom is 0.224 e. The number of rotatable bonds is 1. The molecule has 3 nitrogen and oxygen atoms in total. The molecule has 2 rings (SSSR count). The van der Waals surface area contributed by atoms with Crippen molar-refractivity contribution in [1.29, 1.82) is 0 Å². The molecular formula is C11H12ClN3. The molecule has 78 valence electrons. The summed E-state index contributed by atoms with van der Waals surface area (Å²) >= 11 is 5.72. The van der Waals surface area contributed by atoms with E-state index < -0.39 is 0 Å². The fourth-order valence-electron chi connectivity index (χ4n) is 1.50. The van der Waals surface area contributed by atoms with E-state index in [0.29, 0.717) is 11.7 Å². The van der Waals surface area contributed by atoms with E-state index in [2.05, 4.69) is 23.8 Å². The average Bonchev–Trinajstić information content (AvgIpc) is 2.16. The van der Waals surface area contributed by atoms with E-state index in [0.717, 1.165) is 10.9 Å². The number of hydrogen-bond donors (Lipinski definition) is 1. The Balaban J connectivity index is 2.71. The molecule has 1 aromatic carbocycles. The average molecular weight is 222 g/mol. The van der Waals surface area contributed by atoms with Gasteiger partial charge in [-0.2, -0.15) is 0 Å². The molecule has 2 N–H and O–H groups in total. The molecule has 1 heterocycles. The molecule has 0 saturated heterocycles. The second kappa shape index (κ2) is 3.66. The number of halogens is 1. The van der Waals surface area contributed by atoms with Gasteiger partial charge in [0.25, 0.3) is 0 Å². The third-order valence-corrected chi connectivity index (χ3v) is 2.56. The third-order valence-electron chi connectivity index (χ3n) is 2.39. The standard InChI is InChI=1S/C11H12ClN3/c1-6(2)7-3-4-9-8(5-7)10(13)15-11(12)14-9/h3-6H,1-2H3,(H2,13,14,15). The fourth-order valence-corrected chi connectivity index (χ4v) is 1.68. The number of fused-ring (bicyclic) bond motifs is 1. The van der Waals surface area contributed by atoms with Gasteiger partial charge in [-0.15, -0.1) is 0 Å². The summed E-state index contributed by atoms with van der Waals surface area (Å²) in [7, 11) is 0. The SMILES string of the molecule is CC(C)c1ccc2nc(Cl)nc(N)c2c1. The lowest BCUT2D eigenvalue weighted by atomic mass is 10.0. The van der Waals surface area contributed by atoms with Crippen molar-refractivity contribution in [3.05, 3.63) is 29.0 Å². The van der Waals surface area contributed by atoms with Crippen molar-refractivity contribution in [3.63, 3.8) is 0 Å². The Hall–Kier alpha value is -1.35. The highest BCUT2D eigenvalue weighted by atomic mass is 35.5. The van der Waals surface area contributed by atoms with Gasteiger partial charge in [0.15, 0.2) is 0 Å². The lowest BCUT2D eigenvalue weighted by Crippen LogP contribution is -1.96. The Morgan fingerprint density at radius 1 is 1.27 bits per heavy atom. The van der Waals surface area contributed by atoms with Crippen LogP contribution in [0.1, 0.15) is 25.3 Å². The van der Waals surface area contributed by atoms with Crippen LogP contribution in [0.3, 0.4) is 0 Å². The minimum Gasteiger partial charge on any atom is -0.383 e. The minimum atomic E-state index is 0.192. The molecular weight excluding hydrogens is 210 g/mol. The van der Waals surface area contributed by atoms with Crippen LogP contribution >= 0.6 is 11.6 Å². The molecule has 0 unspecified atom stereocenters. The van der Waals surface area contributed by atoms with Crippen LogP contribution in [0, 0.1) is 0 Å². The van der Waals surface area contributed by atoms with E-state index in [1.54, 1.807) is 0 Å². The number of hydrogen-bond acceptors (Lipinski definition) is 3. The Kier molecular flexibility index (Phi) is 2.49. The first-order valence-electron chi connectivity index (χ1n) is 4.80. The number of nitrogens with two attached hydrogens (primary N) is 1. The van der Waals surface area contributed by atoms with Crippen LogP contribution in [0.15, 0.2) is 18.2 Å². The number of nitrogen functional groups attached to an aromatic ring is 1. The van der Waals surface area contributed by atoms with E-state index in [1.807, 2.05) is 18.2 Å². The first-order chi connectivity index (χ1) is 7.08. The molecule has 0 aliphatic carbocycles.